The van der Waals surface area contributed by atoms with Gasteiger partial charge in [-0.3, -0.25) is 9.97 Å². The Bertz CT molecular complexity index is 576. The minimum absolute atomic E-state index is 0.124. The van der Waals surface area contributed by atoms with E-state index in [1.54, 1.807) is 0 Å². The first-order valence-corrected chi connectivity index (χ1v) is 13.0. The van der Waals surface area contributed by atoms with Crippen molar-refractivity contribution < 1.29 is 16.5 Å². The molecule has 0 atom stereocenters. The van der Waals surface area contributed by atoms with Crippen molar-refractivity contribution in [1.82, 2.24) is 9.97 Å². The molecule has 0 fully saturated rings. The number of halogens is 2. The summed E-state index contributed by atoms with van der Waals surface area (Å²) in [4.78, 5) is 8.97. The zero-order valence-corrected chi connectivity index (χ0v) is 18.2. The molecule has 0 saturated carbocycles. The van der Waals surface area contributed by atoms with Crippen LogP contribution in [0.5, 0.6) is 0 Å². The van der Waals surface area contributed by atoms with Gasteiger partial charge in [-0.15, -0.1) is 0 Å². The molecule has 2 rings (SSSR count). The third-order valence-corrected chi connectivity index (χ3v) is 3.51. The number of pyridine rings is 2. The maximum atomic E-state index is 4.88. The van der Waals surface area contributed by atoms with Crippen LogP contribution in [-0.2, 0) is 27.3 Å². The van der Waals surface area contributed by atoms with Crippen LogP contribution in [-0.4, -0.2) is 9.97 Å². The summed E-state index contributed by atoms with van der Waals surface area (Å²) in [6.07, 6.45) is 3.75. The normalized spacial score (nSPS) is 11.8. The van der Waals surface area contributed by atoms with Crippen molar-refractivity contribution >= 4 is 18.8 Å². The topological polar surface area (TPSA) is 25.8 Å². The van der Waals surface area contributed by atoms with Crippen molar-refractivity contribution in [2.45, 2.75) is 52.4 Å². The van der Waals surface area contributed by atoms with E-state index in [0.29, 0.717) is 0 Å². The van der Waals surface area contributed by atoms with E-state index in [4.69, 9.17) is 18.8 Å². The van der Waals surface area contributed by atoms with E-state index < -0.39 is 16.5 Å². The zero-order valence-electron chi connectivity index (χ0n) is 14.4. The molecular formula is C18H24Cl2N2Pt. The van der Waals surface area contributed by atoms with Crippen LogP contribution in [0, 0.1) is 0 Å². The summed E-state index contributed by atoms with van der Waals surface area (Å²) >= 11 is -0.472. The van der Waals surface area contributed by atoms with E-state index in [1.165, 1.54) is 11.1 Å². The molecule has 0 aliphatic rings. The molecule has 0 N–H and O–H groups in total. The van der Waals surface area contributed by atoms with Gasteiger partial charge in [0.2, 0.25) is 0 Å². The maximum absolute atomic E-state index is 4.88. The van der Waals surface area contributed by atoms with Gasteiger partial charge in [-0.2, -0.15) is 0 Å². The third kappa shape index (κ3) is 6.53. The van der Waals surface area contributed by atoms with Gasteiger partial charge >= 0.3 is 35.3 Å². The van der Waals surface area contributed by atoms with Crippen LogP contribution >= 0.6 is 18.8 Å². The quantitative estimate of drug-likeness (QED) is 0.441. The van der Waals surface area contributed by atoms with Gasteiger partial charge in [-0.1, -0.05) is 41.5 Å². The Labute approximate surface area is 156 Å². The van der Waals surface area contributed by atoms with E-state index in [0.717, 1.165) is 11.4 Å². The second-order valence-electron chi connectivity index (χ2n) is 7.40. The van der Waals surface area contributed by atoms with Gasteiger partial charge in [0.05, 0.1) is 11.4 Å². The number of hydrogen-bond acceptors (Lipinski definition) is 2. The van der Waals surface area contributed by atoms with Gasteiger partial charge < -0.3 is 0 Å². The first-order valence-electron chi connectivity index (χ1n) is 7.35. The number of nitrogens with zero attached hydrogens (tertiary/aromatic N) is 2. The number of hydrogen-bond donors (Lipinski definition) is 0. The molecule has 0 saturated heterocycles. The van der Waals surface area contributed by atoms with E-state index in [9.17, 15) is 0 Å². The van der Waals surface area contributed by atoms with Crippen molar-refractivity contribution in [2.24, 2.45) is 0 Å². The van der Waals surface area contributed by atoms with Gasteiger partial charge in [0, 0.05) is 12.4 Å². The average Bonchev–Trinajstić information content (AvgIpc) is 2.47. The molecule has 130 valence electrons. The fourth-order valence-electron chi connectivity index (χ4n) is 2.07. The Hall–Kier alpha value is -0.432. The average molecular weight is 534 g/mol. The molecule has 2 heterocycles. The molecule has 2 aromatic heterocycles. The first-order chi connectivity index (χ1) is 10.6. The van der Waals surface area contributed by atoms with Gasteiger partial charge in [0.15, 0.2) is 0 Å². The molecule has 2 aromatic rings. The summed E-state index contributed by atoms with van der Waals surface area (Å²) in [5, 5.41) is 0. The number of rotatable bonds is 1. The molecule has 0 aromatic carbocycles. The zero-order chi connectivity index (χ0) is 17.7. The Morgan fingerprint density at radius 2 is 1.04 bits per heavy atom. The van der Waals surface area contributed by atoms with Crippen LogP contribution < -0.4 is 0 Å². The molecule has 0 radical (unpaired) electrons. The van der Waals surface area contributed by atoms with E-state index in [-0.39, 0.29) is 10.8 Å². The predicted octanol–water partition coefficient (Wildman–Crippen LogP) is 6.12. The Balaban J connectivity index is 0.000000816. The van der Waals surface area contributed by atoms with Crippen LogP contribution in [0.1, 0.15) is 52.7 Å². The molecule has 0 spiro atoms. The minimum atomic E-state index is -0.472. The summed E-state index contributed by atoms with van der Waals surface area (Å²) in [6.45, 7) is 13.3. The summed E-state index contributed by atoms with van der Waals surface area (Å²) in [6, 6.07) is 8.46. The molecule has 2 nitrogen and oxygen atoms in total. The van der Waals surface area contributed by atoms with Crippen LogP contribution in [0.25, 0.3) is 11.4 Å². The van der Waals surface area contributed by atoms with Crippen molar-refractivity contribution in [3.63, 3.8) is 0 Å². The SMILES string of the molecule is CC(C)(C)c1ccnc(-c2cc(C(C)(C)C)ccn2)c1.[Cl][Pt][Cl]. The molecule has 0 aliphatic carbocycles. The van der Waals surface area contributed by atoms with E-state index >= 15 is 0 Å². The molecular weight excluding hydrogens is 510 g/mol. The van der Waals surface area contributed by atoms with Crippen LogP contribution in [0.15, 0.2) is 36.7 Å². The van der Waals surface area contributed by atoms with Gasteiger partial charge in [0.1, 0.15) is 0 Å². The van der Waals surface area contributed by atoms with Crippen LogP contribution in [0.2, 0.25) is 0 Å². The molecule has 0 unspecified atom stereocenters. The monoisotopic (exact) mass is 533 g/mol. The Morgan fingerprint density at radius 1 is 0.739 bits per heavy atom. The van der Waals surface area contributed by atoms with Crippen molar-refractivity contribution in [2.75, 3.05) is 0 Å². The molecule has 5 heteroatoms. The second kappa shape index (κ2) is 8.60. The summed E-state index contributed by atoms with van der Waals surface area (Å²) in [5.41, 5.74) is 4.71. The third-order valence-electron chi connectivity index (χ3n) is 3.51. The fourth-order valence-corrected chi connectivity index (χ4v) is 2.07. The van der Waals surface area contributed by atoms with Crippen molar-refractivity contribution in [3.8, 4) is 11.4 Å². The number of aromatic nitrogens is 2. The summed E-state index contributed by atoms with van der Waals surface area (Å²) in [7, 11) is 9.75. The summed E-state index contributed by atoms with van der Waals surface area (Å²) < 4.78 is 0. The fraction of sp³-hybridized carbons (Fsp3) is 0.444. The Kier molecular flexibility index (Phi) is 7.71. The molecule has 0 aliphatic heterocycles. The van der Waals surface area contributed by atoms with Crippen LogP contribution in [0.3, 0.4) is 0 Å². The molecule has 23 heavy (non-hydrogen) atoms. The van der Waals surface area contributed by atoms with Gasteiger partial charge in [0.25, 0.3) is 0 Å². The van der Waals surface area contributed by atoms with Crippen molar-refractivity contribution in [1.29, 1.82) is 0 Å². The standard InChI is InChI=1S/C18H24N2.2ClH.Pt/c1-17(2,3)13-7-9-19-15(11-13)16-12-14(8-10-20-16)18(4,5)6;;;/h7-12H,1-6H3;2*1H;/q;;;+2/p-2. The molecule has 0 bridgehead atoms. The first kappa shape index (κ1) is 20.6. The predicted molar refractivity (Wildman–Crippen MR) is 96.6 cm³/mol. The van der Waals surface area contributed by atoms with Gasteiger partial charge in [-0.05, 0) is 46.2 Å². The van der Waals surface area contributed by atoms with E-state index in [1.807, 2.05) is 12.4 Å². The van der Waals surface area contributed by atoms with Crippen LogP contribution in [0.4, 0.5) is 0 Å². The Morgan fingerprint density at radius 3 is 1.30 bits per heavy atom. The van der Waals surface area contributed by atoms with E-state index in [2.05, 4.69) is 75.8 Å². The summed E-state index contributed by atoms with van der Waals surface area (Å²) in [5.74, 6) is 0. The molecule has 0 amide bonds. The second-order valence-corrected chi connectivity index (χ2v) is 10.7. The van der Waals surface area contributed by atoms with Gasteiger partial charge in [-0.25, -0.2) is 0 Å². The van der Waals surface area contributed by atoms with Crippen molar-refractivity contribution in [3.05, 3.63) is 47.8 Å².